The van der Waals surface area contributed by atoms with E-state index in [4.69, 9.17) is 0 Å². The quantitative estimate of drug-likeness (QED) is 0.838. The zero-order valence-corrected chi connectivity index (χ0v) is 10.4. The Kier molecular flexibility index (Phi) is 3.82. The first-order chi connectivity index (χ1) is 6.97. The van der Waals surface area contributed by atoms with E-state index >= 15 is 0 Å². The summed E-state index contributed by atoms with van der Waals surface area (Å²) in [5.74, 6) is 0.0676. The van der Waals surface area contributed by atoms with Crippen LogP contribution in [0.1, 0.15) is 19.5 Å². The lowest BCUT2D eigenvalue weighted by atomic mass is 10.0. The van der Waals surface area contributed by atoms with Gasteiger partial charge < -0.3 is 10.2 Å². The Morgan fingerprint density at radius 2 is 2.33 bits per heavy atom. The Hall–Kier alpha value is -0.940. The summed E-state index contributed by atoms with van der Waals surface area (Å²) in [6.45, 7) is 4.30. The van der Waals surface area contributed by atoms with E-state index in [-0.39, 0.29) is 5.91 Å². The summed E-state index contributed by atoms with van der Waals surface area (Å²) < 4.78 is 0. The number of hydrogen-bond donors (Lipinski definition) is 1. The highest BCUT2D eigenvalue weighted by Gasteiger charge is 2.28. The molecule has 0 bridgehead atoms. The van der Waals surface area contributed by atoms with Gasteiger partial charge in [0, 0.05) is 12.4 Å². The second kappa shape index (κ2) is 4.72. The number of aromatic nitrogens is 1. The van der Waals surface area contributed by atoms with Crippen LogP contribution in [0.3, 0.4) is 0 Å². The van der Waals surface area contributed by atoms with Gasteiger partial charge in [-0.2, -0.15) is 0 Å². The largest absolute Gasteiger partial charge is 0.338 e. The average molecular weight is 227 g/mol. The molecule has 0 atom stereocenters. The first-order valence-electron chi connectivity index (χ1n) is 4.79. The Balaban J connectivity index is 2.61. The molecule has 0 aliphatic heterocycles. The van der Waals surface area contributed by atoms with Crippen molar-refractivity contribution in [1.29, 1.82) is 0 Å². The van der Waals surface area contributed by atoms with E-state index < -0.39 is 5.54 Å². The van der Waals surface area contributed by atoms with Crippen molar-refractivity contribution >= 4 is 17.2 Å². The number of carbonyl (C=O) groups excluding carboxylic acids is 1. The lowest BCUT2D eigenvalue weighted by molar-refractivity contribution is -0.136. The van der Waals surface area contributed by atoms with Gasteiger partial charge in [0.05, 0.1) is 23.3 Å². The predicted octanol–water partition coefficient (Wildman–Crippen LogP) is 1.10. The van der Waals surface area contributed by atoms with E-state index in [1.165, 1.54) is 0 Å². The van der Waals surface area contributed by atoms with Crippen LogP contribution in [-0.2, 0) is 11.3 Å². The van der Waals surface area contributed by atoms with Crippen LogP contribution in [0.15, 0.2) is 10.9 Å². The summed E-state index contributed by atoms with van der Waals surface area (Å²) in [6.07, 6.45) is 0. The molecule has 0 saturated heterocycles. The van der Waals surface area contributed by atoms with E-state index in [1.807, 2.05) is 19.2 Å². The van der Waals surface area contributed by atoms with E-state index in [1.54, 1.807) is 35.8 Å². The molecule has 1 heterocycles. The molecule has 0 unspecified atom stereocenters. The number of nitrogens with one attached hydrogen (secondary N) is 1. The van der Waals surface area contributed by atoms with Crippen molar-refractivity contribution in [3.05, 3.63) is 16.6 Å². The molecule has 5 heteroatoms. The minimum atomic E-state index is -0.523. The van der Waals surface area contributed by atoms with Gasteiger partial charge in [-0.15, -0.1) is 11.3 Å². The third kappa shape index (κ3) is 3.00. The monoisotopic (exact) mass is 227 g/mol. The summed E-state index contributed by atoms with van der Waals surface area (Å²) >= 11 is 1.54. The summed E-state index contributed by atoms with van der Waals surface area (Å²) in [5.41, 5.74) is 2.18. The molecule has 1 rings (SSSR count). The summed E-state index contributed by atoms with van der Waals surface area (Å²) in [6, 6.07) is 0. The van der Waals surface area contributed by atoms with Gasteiger partial charge in [0.1, 0.15) is 0 Å². The van der Waals surface area contributed by atoms with E-state index in [0.29, 0.717) is 6.54 Å². The third-order valence-electron chi connectivity index (χ3n) is 2.39. The van der Waals surface area contributed by atoms with Gasteiger partial charge in [0.2, 0.25) is 5.91 Å². The fraction of sp³-hybridized carbons (Fsp3) is 0.600. The average Bonchev–Trinajstić information content (AvgIpc) is 2.69. The summed E-state index contributed by atoms with van der Waals surface area (Å²) in [4.78, 5) is 17.8. The minimum absolute atomic E-state index is 0.0676. The second-order valence-corrected chi connectivity index (χ2v) is 4.73. The molecule has 84 valence electrons. The standard InChI is InChI=1S/C10H17N3OS/c1-10(2,11-3)9(14)13(4)5-8-6-15-7-12-8/h6-7,11H,5H2,1-4H3. The van der Waals surface area contributed by atoms with Gasteiger partial charge in [-0.3, -0.25) is 4.79 Å². The molecule has 1 amide bonds. The van der Waals surface area contributed by atoms with Crippen molar-refractivity contribution in [2.45, 2.75) is 25.9 Å². The molecule has 0 aliphatic rings. The first-order valence-corrected chi connectivity index (χ1v) is 5.73. The van der Waals surface area contributed by atoms with Crippen LogP contribution in [0.25, 0.3) is 0 Å². The number of nitrogens with zero attached hydrogens (tertiary/aromatic N) is 2. The van der Waals surface area contributed by atoms with Crippen LogP contribution in [0.4, 0.5) is 0 Å². The van der Waals surface area contributed by atoms with E-state index in [9.17, 15) is 4.79 Å². The number of carbonyl (C=O) groups is 1. The highest BCUT2D eigenvalue weighted by Crippen LogP contribution is 2.10. The Morgan fingerprint density at radius 3 is 2.80 bits per heavy atom. The Labute approximate surface area is 94.3 Å². The van der Waals surface area contributed by atoms with Crippen LogP contribution in [0.2, 0.25) is 0 Å². The first kappa shape index (κ1) is 12.1. The van der Waals surface area contributed by atoms with Gasteiger partial charge in [-0.25, -0.2) is 4.98 Å². The lowest BCUT2D eigenvalue weighted by Crippen LogP contribution is -2.51. The van der Waals surface area contributed by atoms with Crippen molar-refractivity contribution in [3.63, 3.8) is 0 Å². The highest BCUT2D eigenvalue weighted by molar-refractivity contribution is 7.07. The van der Waals surface area contributed by atoms with Crippen LogP contribution in [-0.4, -0.2) is 35.4 Å². The number of rotatable bonds is 4. The summed E-state index contributed by atoms with van der Waals surface area (Å²) in [7, 11) is 3.58. The molecule has 1 aromatic heterocycles. The molecular weight excluding hydrogens is 210 g/mol. The molecule has 1 aromatic rings. The highest BCUT2D eigenvalue weighted by atomic mass is 32.1. The van der Waals surface area contributed by atoms with Crippen molar-refractivity contribution in [2.24, 2.45) is 0 Å². The molecule has 15 heavy (non-hydrogen) atoms. The molecular formula is C10H17N3OS. The van der Waals surface area contributed by atoms with E-state index in [2.05, 4.69) is 10.3 Å². The topological polar surface area (TPSA) is 45.2 Å². The molecule has 0 fully saturated rings. The zero-order chi connectivity index (χ0) is 11.5. The fourth-order valence-electron chi connectivity index (χ4n) is 1.21. The minimum Gasteiger partial charge on any atom is -0.338 e. The van der Waals surface area contributed by atoms with Crippen molar-refractivity contribution in [2.75, 3.05) is 14.1 Å². The van der Waals surface area contributed by atoms with Crippen molar-refractivity contribution in [3.8, 4) is 0 Å². The number of amides is 1. The Bertz CT molecular complexity index is 321. The number of thiazole rings is 1. The number of likely N-dealkylation sites (N-methyl/N-ethyl adjacent to an activating group) is 2. The summed E-state index contributed by atoms with van der Waals surface area (Å²) in [5, 5.41) is 4.95. The van der Waals surface area contributed by atoms with Crippen LogP contribution in [0.5, 0.6) is 0 Å². The van der Waals surface area contributed by atoms with Gasteiger partial charge in [-0.05, 0) is 20.9 Å². The molecule has 0 spiro atoms. The zero-order valence-electron chi connectivity index (χ0n) is 9.57. The SMILES string of the molecule is CNC(C)(C)C(=O)N(C)Cc1cscn1. The maximum Gasteiger partial charge on any atom is 0.242 e. The smallest absolute Gasteiger partial charge is 0.242 e. The normalized spacial score (nSPS) is 11.5. The van der Waals surface area contributed by atoms with Gasteiger partial charge >= 0.3 is 0 Å². The van der Waals surface area contributed by atoms with Crippen molar-refractivity contribution in [1.82, 2.24) is 15.2 Å². The van der Waals surface area contributed by atoms with Gasteiger partial charge in [0.15, 0.2) is 0 Å². The molecule has 0 aromatic carbocycles. The lowest BCUT2D eigenvalue weighted by Gasteiger charge is -2.28. The van der Waals surface area contributed by atoms with Crippen LogP contribution < -0.4 is 5.32 Å². The Morgan fingerprint density at radius 1 is 1.67 bits per heavy atom. The van der Waals surface area contributed by atoms with Gasteiger partial charge in [-0.1, -0.05) is 0 Å². The fourth-order valence-corrected chi connectivity index (χ4v) is 1.76. The van der Waals surface area contributed by atoms with Crippen LogP contribution >= 0.6 is 11.3 Å². The molecule has 1 N–H and O–H groups in total. The van der Waals surface area contributed by atoms with Crippen LogP contribution in [0, 0.1) is 0 Å². The maximum absolute atomic E-state index is 12.0. The molecule has 4 nitrogen and oxygen atoms in total. The maximum atomic E-state index is 12.0. The molecule has 0 radical (unpaired) electrons. The third-order valence-corrected chi connectivity index (χ3v) is 3.02. The molecule has 0 saturated carbocycles. The van der Waals surface area contributed by atoms with E-state index in [0.717, 1.165) is 5.69 Å². The van der Waals surface area contributed by atoms with Gasteiger partial charge in [0.25, 0.3) is 0 Å². The van der Waals surface area contributed by atoms with Crippen molar-refractivity contribution < 1.29 is 4.79 Å². The number of hydrogen-bond acceptors (Lipinski definition) is 4. The molecule has 0 aliphatic carbocycles. The predicted molar refractivity (Wildman–Crippen MR) is 61.7 cm³/mol. The second-order valence-electron chi connectivity index (χ2n) is 4.02.